The van der Waals surface area contributed by atoms with E-state index in [0.29, 0.717) is 31.5 Å². The van der Waals surface area contributed by atoms with Crippen LogP contribution in [0.15, 0.2) is 18.2 Å². The highest BCUT2D eigenvalue weighted by Gasteiger charge is 2.27. The van der Waals surface area contributed by atoms with Gasteiger partial charge in [0, 0.05) is 25.1 Å². The lowest BCUT2D eigenvalue weighted by Gasteiger charge is -2.23. The number of anilines is 2. The van der Waals surface area contributed by atoms with Crippen LogP contribution in [0.2, 0.25) is 0 Å². The lowest BCUT2D eigenvalue weighted by molar-refractivity contribution is -0.127. The van der Waals surface area contributed by atoms with E-state index in [1.165, 1.54) is 23.1 Å². The average Bonchev–Trinajstić information content (AvgIpc) is 2.99. The monoisotopic (exact) mass is 377 g/mol. The fraction of sp³-hybridized carbons (Fsp3) is 0.550. The molecule has 2 rings (SSSR count). The van der Waals surface area contributed by atoms with Crippen LogP contribution >= 0.6 is 0 Å². The van der Waals surface area contributed by atoms with E-state index in [1.54, 1.807) is 0 Å². The van der Waals surface area contributed by atoms with Crippen LogP contribution < -0.4 is 15.5 Å². The molecule has 6 nitrogen and oxygen atoms in total. The zero-order valence-electron chi connectivity index (χ0n) is 16.3. The van der Waals surface area contributed by atoms with Crippen molar-refractivity contribution in [2.75, 3.05) is 16.8 Å². The Labute approximate surface area is 159 Å². The number of benzene rings is 1. The third-order valence-electron chi connectivity index (χ3n) is 4.44. The molecule has 0 aliphatic carbocycles. The lowest BCUT2D eigenvalue weighted by atomic mass is 10.0. The normalized spacial score (nSPS) is 15.4. The molecule has 2 N–H and O–H groups in total. The topological polar surface area (TPSA) is 78.5 Å². The van der Waals surface area contributed by atoms with Crippen LogP contribution in [0.1, 0.15) is 47.0 Å². The molecule has 0 bridgehead atoms. The SMILES string of the molecule is CC(C)CC(=O)N[C@@H](C(=O)Nc1ccc(F)c(N2CCCC2=O)c1)C(C)C. The van der Waals surface area contributed by atoms with Gasteiger partial charge in [-0.05, 0) is 36.5 Å². The minimum atomic E-state index is -0.696. The molecule has 0 unspecified atom stereocenters. The molecule has 7 heteroatoms. The highest BCUT2D eigenvalue weighted by molar-refractivity contribution is 5.99. The maximum absolute atomic E-state index is 14.1. The van der Waals surface area contributed by atoms with Crippen molar-refractivity contribution < 1.29 is 18.8 Å². The standard InChI is InChI=1S/C20H28FN3O3/c1-12(2)10-17(25)23-19(13(3)4)20(27)22-14-7-8-15(21)16(11-14)24-9-5-6-18(24)26/h7-8,11-13,19H,5-6,9-10H2,1-4H3,(H,22,27)(H,23,25)/t19-/m1/s1. The molecule has 0 aromatic heterocycles. The number of rotatable bonds is 7. The van der Waals surface area contributed by atoms with Gasteiger partial charge in [0.05, 0.1) is 5.69 Å². The van der Waals surface area contributed by atoms with Crippen LogP contribution in [0.25, 0.3) is 0 Å². The van der Waals surface area contributed by atoms with Crippen LogP contribution in [0.4, 0.5) is 15.8 Å². The first-order chi connectivity index (χ1) is 12.7. The Balaban J connectivity index is 2.13. The first-order valence-electron chi connectivity index (χ1n) is 9.39. The molecule has 1 atom stereocenters. The van der Waals surface area contributed by atoms with Gasteiger partial charge in [0.15, 0.2) is 0 Å². The van der Waals surface area contributed by atoms with Gasteiger partial charge in [-0.3, -0.25) is 14.4 Å². The smallest absolute Gasteiger partial charge is 0.247 e. The largest absolute Gasteiger partial charge is 0.344 e. The molecule has 1 saturated heterocycles. The van der Waals surface area contributed by atoms with E-state index in [2.05, 4.69) is 10.6 Å². The van der Waals surface area contributed by atoms with Gasteiger partial charge in [0.2, 0.25) is 17.7 Å². The van der Waals surface area contributed by atoms with Crippen LogP contribution in [0, 0.1) is 17.7 Å². The zero-order chi connectivity index (χ0) is 20.1. The van der Waals surface area contributed by atoms with Crippen molar-refractivity contribution in [2.45, 2.75) is 53.0 Å². The molecule has 1 aromatic rings. The second-order valence-electron chi connectivity index (χ2n) is 7.69. The van der Waals surface area contributed by atoms with Crippen molar-refractivity contribution >= 4 is 29.1 Å². The highest BCUT2D eigenvalue weighted by Crippen LogP contribution is 2.27. The van der Waals surface area contributed by atoms with Gasteiger partial charge in [-0.1, -0.05) is 27.7 Å². The summed E-state index contributed by atoms with van der Waals surface area (Å²) in [6.45, 7) is 8.03. The Morgan fingerprint density at radius 3 is 2.48 bits per heavy atom. The van der Waals surface area contributed by atoms with Gasteiger partial charge in [0.25, 0.3) is 0 Å². The quantitative estimate of drug-likeness (QED) is 0.766. The molecule has 148 valence electrons. The number of halogens is 1. The second-order valence-corrected chi connectivity index (χ2v) is 7.69. The second kappa shape index (κ2) is 8.97. The van der Waals surface area contributed by atoms with Crippen molar-refractivity contribution in [2.24, 2.45) is 11.8 Å². The molecule has 0 saturated carbocycles. The minimum absolute atomic E-state index is 0.110. The summed E-state index contributed by atoms with van der Waals surface area (Å²) >= 11 is 0. The van der Waals surface area contributed by atoms with Crippen LogP contribution in [-0.4, -0.2) is 30.3 Å². The van der Waals surface area contributed by atoms with Gasteiger partial charge in [0.1, 0.15) is 11.9 Å². The third-order valence-corrected chi connectivity index (χ3v) is 4.44. The Hall–Kier alpha value is -2.44. The van der Waals surface area contributed by atoms with E-state index in [9.17, 15) is 18.8 Å². The number of nitrogens with one attached hydrogen (secondary N) is 2. The maximum atomic E-state index is 14.1. The van der Waals surface area contributed by atoms with Gasteiger partial charge < -0.3 is 15.5 Å². The van der Waals surface area contributed by atoms with Crippen molar-refractivity contribution in [1.29, 1.82) is 0 Å². The number of nitrogens with zero attached hydrogens (tertiary/aromatic N) is 1. The summed E-state index contributed by atoms with van der Waals surface area (Å²) in [6, 6.07) is 3.45. The molecule has 1 aliphatic heterocycles. The van der Waals surface area contributed by atoms with Gasteiger partial charge in [-0.25, -0.2) is 4.39 Å². The Morgan fingerprint density at radius 2 is 1.93 bits per heavy atom. The van der Waals surface area contributed by atoms with E-state index < -0.39 is 11.9 Å². The predicted molar refractivity (Wildman–Crippen MR) is 103 cm³/mol. The minimum Gasteiger partial charge on any atom is -0.344 e. The van der Waals surface area contributed by atoms with Gasteiger partial charge in [-0.15, -0.1) is 0 Å². The average molecular weight is 377 g/mol. The van der Waals surface area contributed by atoms with Crippen LogP contribution in [-0.2, 0) is 14.4 Å². The Bertz CT molecular complexity index is 718. The molecule has 1 fully saturated rings. The van der Waals surface area contributed by atoms with Gasteiger partial charge >= 0.3 is 0 Å². The van der Waals surface area contributed by atoms with Crippen molar-refractivity contribution in [3.63, 3.8) is 0 Å². The first kappa shape index (κ1) is 20.9. The molecular weight excluding hydrogens is 349 g/mol. The Morgan fingerprint density at radius 1 is 1.22 bits per heavy atom. The van der Waals surface area contributed by atoms with E-state index in [1.807, 2.05) is 27.7 Å². The fourth-order valence-corrected chi connectivity index (χ4v) is 3.06. The first-order valence-corrected chi connectivity index (χ1v) is 9.39. The maximum Gasteiger partial charge on any atom is 0.247 e. The third kappa shape index (κ3) is 5.52. The highest BCUT2D eigenvalue weighted by atomic mass is 19.1. The summed E-state index contributed by atoms with van der Waals surface area (Å²) in [4.78, 5) is 38.0. The molecule has 1 heterocycles. The van der Waals surface area contributed by atoms with E-state index in [-0.39, 0.29) is 35.2 Å². The number of carbonyl (C=O) groups excluding carboxylic acids is 3. The summed E-state index contributed by atoms with van der Waals surface area (Å²) in [7, 11) is 0. The van der Waals surface area contributed by atoms with E-state index >= 15 is 0 Å². The molecule has 3 amide bonds. The fourth-order valence-electron chi connectivity index (χ4n) is 3.06. The molecular formula is C20H28FN3O3. The van der Waals surface area contributed by atoms with E-state index in [4.69, 9.17) is 0 Å². The number of amides is 3. The molecule has 1 aliphatic rings. The summed E-state index contributed by atoms with van der Waals surface area (Å²) in [5.41, 5.74) is 0.556. The van der Waals surface area contributed by atoms with Crippen molar-refractivity contribution in [1.82, 2.24) is 5.32 Å². The van der Waals surface area contributed by atoms with Crippen molar-refractivity contribution in [3.8, 4) is 0 Å². The summed E-state index contributed by atoms with van der Waals surface area (Å²) in [5.74, 6) is -1.10. The molecule has 0 radical (unpaired) electrons. The van der Waals surface area contributed by atoms with E-state index in [0.717, 1.165) is 0 Å². The number of carbonyl (C=O) groups is 3. The predicted octanol–water partition coefficient (Wildman–Crippen LogP) is 3.08. The zero-order valence-corrected chi connectivity index (χ0v) is 16.3. The number of hydrogen-bond donors (Lipinski definition) is 2. The van der Waals surface area contributed by atoms with Crippen LogP contribution in [0.5, 0.6) is 0 Å². The summed E-state index contributed by atoms with van der Waals surface area (Å²) in [5, 5.41) is 5.50. The molecule has 0 spiro atoms. The van der Waals surface area contributed by atoms with Crippen LogP contribution in [0.3, 0.4) is 0 Å². The summed E-state index contributed by atoms with van der Waals surface area (Å²) < 4.78 is 14.1. The van der Waals surface area contributed by atoms with Gasteiger partial charge in [-0.2, -0.15) is 0 Å². The van der Waals surface area contributed by atoms with Crippen molar-refractivity contribution in [3.05, 3.63) is 24.0 Å². The number of hydrogen-bond acceptors (Lipinski definition) is 3. The summed E-state index contributed by atoms with van der Waals surface area (Å²) in [6.07, 6.45) is 1.42. The Kier molecular flexibility index (Phi) is 6.93. The lowest BCUT2D eigenvalue weighted by Crippen LogP contribution is -2.47. The molecule has 27 heavy (non-hydrogen) atoms. The molecule has 1 aromatic carbocycles.